The molecule has 0 saturated carbocycles. The van der Waals surface area contributed by atoms with Crippen LogP contribution in [0.25, 0.3) is 10.8 Å². The van der Waals surface area contributed by atoms with Gasteiger partial charge in [-0.1, -0.05) is 30.3 Å². The Morgan fingerprint density at radius 2 is 1.82 bits per heavy atom. The first-order valence-corrected chi connectivity index (χ1v) is 6.79. The Labute approximate surface area is 126 Å². The van der Waals surface area contributed by atoms with Gasteiger partial charge in [-0.15, -0.1) is 0 Å². The average molecular weight is 293 g/mol. The molecule has 0 fully saturated rings. The maximum Gasteiger partial charge on any atom is 0.270 e. The van der Waals surface area contributed by atoms with E-state index in [4.69, 9.17) is 0 Å². The highest BCUT2D eigenvalue weighted by Gasteiger charge is 2.13. The maximum absolute atomic E-state index is 12.2. The Hall–Kier alpha value is -3.08. The van der Waals surface area contributed by atoms with Crippen LogP contribution >= 0.6 is 0 Å². The number of Topliss-reactive ketones (excluding diaryl/α,β-unsaturated/α-hetero) is 1. The molecule has 0 radical (unpaired) electrons. The molecule has 2 aromatic carbocycles. The zero-order valence-corrected chi connectivity index (χ0v) is 11.7. The summed E-state index contributed by atoms with van der Waals surface area (Å²) in [6.45, 7) is 0.197. The molecular weight excluding hydrogens is 280 g/mol. The molecule has 3 rings (SSSR count). The van der Waals surface area contributed by atoms with Crippen LogP contribution in [0.5, 0.6) is 0 Å². The summed E-state index contributed by atoms with van der Waals surface area (Å²) in [6, 6.07) is 15.6. The number of hydrogen-bond donors (Lipinski definition) is 0. The molecule has 1 heterocycles. The standard InChI is InChI=1S/C17H13N2O3/c20-17(14-4-2-1-3-5-14)12-18-9-8-13-6-7-16(19(21)22)10-15(13)11-18/h1-11H,12H2/q+1. The Morgan fingerprint density at radius 1 is 1.05 bits per heavy atom. The van der Waals surface area contributed by atoms with E-state index >= 15 is 0 Å². The second kappa shape index (κ2) is 5.73. The van der Waals surface area contributed by atoms with Gasteiger partial charge in [-0.05, 0) is 11.5 Å². The molecule has 0 aliphatic carbocycles. The van der Waals surface area contributed by atoms with E-state index < -0.39 is 4.92 Å². The second-order valence-corrected chi connectivity index (χ2v) is 4.98. The quantitative estimate of drug-likeness (QED) is 0.321. The molecule has 0 atom stereocenters. The van der Waals surface area contributed by atoms with Gasteiger partial charge < -0.3 is 0 Å². The largest absolute Gasteiger partial charge is 0.287 e. The summed E-state index contributed by atoms with van der Waals surface area (Å²) in [4.78, 5) is 22.6. The van der Waals surface area contributed by atoms with Crippen LogP contribution in [-0.4, -0.2) is 10.7 Å². The third-order valence-corrected chi connectivity index (χ3v) is 3.45. The monoisotopic (exact) mass is 293 g/mol. The van der Waals surface area contributed by atoms with Gasteiger partial charge in [0.25, 0.3) is 5.69 Å². The number of carbonyl (C=O) groups is 1. The van der Waals surface area contributed by atoms with E-state index in [9.17, 15) is 14.9 Å². The zero-order valence-electron chi connectivity index (χ0n) is 11.7. The third-order valence-electron chi connectivity index (χ3n) is 3.45. The highest BCUT2D eigenvalue weighted by atomic mass is 16.6. The van der Waals surface area contributed by atoms with Crippen molar-refractivity contribution >= 4 is 22.2 Å². The minimum Gasteiger partial charge on any atom is -0.287 e. The lowest BCUT2D eigenvalue weighted by Gasteiger charge is -2.00. The van der Waals surface area contributed by atoms with Crippen LogP contribution in [-0.2, 0) is 6.54 Å². The Bertz CT molecular complexity index is 860. The van der Waals surface area contributed by atoms with Gasteiger partial charge >= 0.3 is 0 Å². The normalized spacial score (nSPS) is 10.5. The molecule has 5 nitrogen and oxygen atoms in total. The van der Waals surface area contributed by atoms with Crippen LogP contribution in [0.2, 0.25) is 0 Å². The summed E-state index contributed by atoms with van der Waals surface area (Å²) in [5.74, 6) is -0.00428. The molecule has 5 heteroatoms. The molecule has 0 saturated heterocycles. The van der Waals surface area contributed by atoms with Crippen molar-refractivity contribution < 1.29 is 14.3 Å². The smallest absolute Gasteiger partial charge is 0.270 e. The summed E-state index contributed by atoms with van der Waals surface area (Å²) in [7, 11) is 0. The molecule has 0 spiro atoms. The maximum atomic E-state index is 12.2. The van der Waals surface area contributed by atoms with Gasteiger partial charge in [0.15, 0.2) is 12.4 Å². The minimum absolute atomic E-state index is 0.00428. The molecular formula is C17H13N2O3+. The summed E-state index contributed by atoms with van der Waals surface area (Å²) in [5.41, 5.74) is 0.689. The summed E-state index contributed by atoms with van der Waals surface area (Å²) in [5, 5.41) is 12.5. The second-order valence-electron chi connectivity index (χ2n) is 4.98. The van der Waals surface area contributed by atoms with Gasteiger partial charge in [-0.2, -0.15) is 4.57 Å². The highest BCUT2D eigenvalue weighted by Crippen LogP contribution is 2.19. The minimum atomic E-state index is -0.425. The Balaban J connectivity index is 1.91. The number of pyridine rings is 1. The van der Waals surface area contributed by atoms with Crippen molar-refractivity contribution in [3.63, 3.8) is 0 Å². The first-order chi connectivity index (χ1) is 10.6. The molecule has 22 heavy (non-hydrogen) atoms. The fraction of sp³-hybridized carbons (Fsp3) is 0.0588. The number of nitro groups is 1. The Kier molecular flexibility index (Phi) is 3.62. The van der Waals surface area contributed by atoms with Crippen LogP contribution in [0.3, 0.4) is 0 Å². The number of non-ortho nitro benzene ring substituents is 1. The first kappa shape index (κ1) is 13.9. The van der Waals surface area contributed by atoms with Crippen molar-refractivity contribution in [3.05, 3.63) is 82.7 Å². The van der Waals surface area contributed by atoms with Gasteiger partial charge in [-0.3, -0.25) is 14.9 Å². The number of carbonyl (C=O) groups excluding carboxylic acids is 1. The third kappa shape index (κ3) is 2.83. The van der Waals surface area contributed by atoms with E-state index in [1.54, 1.807) is 35.2 Å². The van der Waals surface area contributed by atoms with Crippen molar-refractivity contribution in [2.75, 3.05) is 0 Å². The van der Waals surface area contributed by atoms with Crippen molar-refractivity contribution in [1.82, 2.24) is 0 Å². The first-order valence-electron chi connectivity index (χ1n) is 6.79. The molecule has 1 aromatic heterocycles. The average Bonchev–Trinajstić information content (AvgIpc) is 2.55. The van der Waals surface area contributed by atoms with Crippen molar-refractivity contribution in [3.8, 4) is 0 Å². The van der Waals surface area contributed by atoms with E-state index in [0.29, 0.717) is 5.56 Å². The zero-order chi connectivity index (χ0) is 15.5. The van der Waals surface area contributed by atoms with E-state index in [0.717, 1.165) is 10.8 Å². The molecule has 0 N–H and O–H groups in total. The molecule has 108 valence electrons. The van der Waals surface area contributed by atoms with Gasteiger partial charge in [0.2, 0.25) is 12.3 Å². The molecule has 0 amide bonds. The van der Waals surface area contributed by atoms with E-state index in [1.807, 2.05) is 24.3 Å². The fourth-order valence-electron chi connectivity index (χ4n) is 2.32. The van der Waals surface area contributed by atoms with E-state index in [-0.39, 0.29) is 18.0 Å². The van der Waals surface area contributed by atoms with Crippen molar-refractivity contribution in [1.29, 1.82) is 0 Å². The van der Waals surface area contributed by atoms with Gasteiger partial charge in [0.1, 0.15) is 0 Å². The van der Waals surface area contributed by atoms with Crippen LogP contribution in [0, 0.1) is 10.1 Å². The lowest BCUT2D eigenvalue weighted by molar-refractivity contribution is -0.681. The number of nitro benzene ring substituents is 1. The number of rotatable bonds is 4. The highest BCUT2D eigenvalue weighted by molar-refractivity contribution is 5.95. The predicted octanol–water partition coefficient (Wildman–Crippen LogP) is 2.92. The number of fused-ring (bicyclic) bond motifs is 1. The number of nitrogens with zero attached hydrogens (tertiary/aromatic N) is 2. The molecule has 3 aromatic rings. The number of hydrogen-bond acceptors (Lipinski definition) is 3. The topological polar surface area (TPSA) is 64.1 Å². The number of benzene rings is 2. The number of aromatic nitrogens is 1. The van der Waals surface area contributed by atoms with Crippen LogP contribution in [0.4, 0.5) is 5.69 Å². The lowest BCUT2D eigenvalue weighted by atomic mass is 10.1. The van der Waals surface area contributed by atoms with Gasteiger partial charge in [0.05, 0.1) is 10.3 Å². The predicted molar refractivity (Wildman–Crippen MR) is 81.6 cm³/mol. The van der Waals surface area contributed by atoms with Gasteiger partial charge in [-0.25, -0.2) is 0 Å². The SMILES string of the molecule is O=C(C[n+]1ccc2ccc([N+](=O)[O-])cc2c1)c1ccccc1. The van der Waals surface area contributed by atoms with Crippen molar-refractivity contribution in [2.45, 2.75) is 6.54 Å². The van der Waals surface area contributed by atoms with E-state index in [1.165, 1.54) is 12.1 Å². The number of ketones is 1. The summed E-state index contributed by atoms with van der Waals surface area (Å²) < 4.78 is 1.74. The fourth-order valence-corrected chi connectivity index (χ4v) is 2.32. The summed E-state index contributed by atoms with van der Waals surface area (Å²) in [6.07, 6.45) is 3.55. The molecule has 0 aliphatic rings. The molecule has 0 bridgehead atoms. The van der Waals surface area contributed by atoms with Crippen molar-refractivity contribution in [2.24, 2.45) is 0 Å². The van der Waals surface area contributed by atoms with Crippen LogP contribution in [0.15, 0.2) is 67.0 Å². The van der Waals surface area contributed by atoms with Crippen LogP contribution in [0.1, 0.15) is 10.4 Å². The lowest BCUT2D eigenvalue weighted by Crippen LogP contribution is -2.37. The molecule has 0 unspecified atom stereocenters. The van der Waals surface area contributed by atoms with E-state index in [2.05, 4.69) is 0 Å². The van der Waals surface area contributed by atoms with Crippen LogP contribution < -0.4 is 4.57 Å². The van der Waals surface area contributed by atoms with Gasteiger partial charge in [0, 0.05) is 23.8 Å². The Morgan fingerprint density at radius 3 is 2.55 bits per heavy atom. The molecule has 0 aliphatic heterocycles. The summed E-state index contributed by atoms with van der Waals surface area (Å²) >= 11 is 0.